The molecule has 1 N–H and O–H groups in total. The molecule has 0 saturated carbocycles. The van der Waals surface area contributed by atoms with Crippen LogP contribution in [0.15, 0.2) is 0 Å². The maximum absolute atomic E-state index is 9.90. The summed E-state index contributed by atoms with van der Waals surface area (Å²) in [6, 6.07) is 0. The Hall–Kier alpha value is -0.0800. The van der Waals surface area contributed by atoms with Gasteiger partial charge in [-0.1, -0.05) is 78.1 Å². The highest BCUT2D eigenvalue weighted by Crippen LogP contribution is 2.23. The highest BCUT2D eigenvalue weighted by atomic mass is 16.5. The van der Waals surface area contributed by atoms with Gasteiger partial charge in [0.25, 0.3) is 0 Å². The topological polar surface area (TPSA) is 29.5 Å². The Morgan fingerprint density at radius 3 is 1.79 bits per heavy atom. The third kappa shape index (κ3) is 12.7. The molecule has 116 valence electrons. The van der Waals surface area contributed by atoms with E-state index in [1.54, 1.807) is 7.11 Å². The average Bonchev–Trinajstić information content (AvgIpc) is 2.39. The number of ether oxygens (including phenoxy) is 1. The minimum Gasteiger partial charge on any atom is -0.391 e. The number of unbranched alkanes of at least 4 members (excludes halogenated alkanes) is 6. The quantitative estimate of drug-likeness (QED) is 0.454. The molecule has 0 aliphatic rings. The first kappa shape index (κ1) is 18.9. The highest BCUT2D eigenvalue weighted by Gasteiger charge is 2.14. The van der Waals surface area contributed by atoms with E-state index in [4.69, 9.17) is 4.74 Å². The summed E-state index contributed by atoms with van der Waals surface area (Å²) in [5, 5.41) is 9.90. The second-order valence-corrected chi connectivity index (χ2v) is 5.91. The zero-order valence-corrected chi connectivity index (χ0v) is 13.5. The van der Waals surface area contributed by atoms with Gasteiger partial charge in [-0.15, -0.1) is 0 Å². The molecule has 0 fully saturated rings. The summed E-state index contributed by atoms with van der Waals surface area (Å²) in [5.74, 6) is 0.693. The molecule has 0 rings (SSSR count). The van der Waals surface area contributed by atoms with Gasteiger partial charge in [-0.3, -0.25) is 0 Å². The summed E-state index contributed by atoms with van der Waals surface area (Å²) in [7, 11) is 1.67. The Morgan fingerprint density at radius 1 is 0.842 bits per heavy atom. The van der Waals surface area contributed by atoms with Gasteiger partial charge in [0.2, 0.25) is 0 Å². The molecule has 0 heterocycles. The summed E-state index contributed by atoms with van der Waals surface area (Å²) in [4.78, 5) is 0. The van der Waals surface area contributed by atoms with Gasteiger partial charge in [0.1, 0.15) is 0 Å². The van der Waals surface area contributed by atoms with Gasteiger partial charge in [-0.05, 0) is 12.3 Å². The molecule has 1 atom stereocenters. The van der Waals surface area contributed by atoms with Crippen LogP contribution in [0.25, 0.3) is 0 Å². The van der Waals surface area contributed by atoms with Gasteiger partial charge in [0.15, 0.2) is 0 Å². The lowest BCUT2D eigenvalue weighted by Crippen LogP contribution is -2.19. The van der Waals surface area contributed by atoms with Gasteiger partial charge >= 0.3 is 0 Å². The van der Waals surface area contributed by atoms with E-state index in [-0.39, 0.29) is 6.10 Å². The maximum Gasteiger partial charge on any atom is 0.0776 e. The second-order valence-electron chi connectivity index (χ2n) is 5.91. The van der Waals surface area contributed by atoms with Crippen LogP contribution in [-0.2, 0) is 4.74 Å². The molecule has 0 aromatic heterocycles. The molecule has 0 amide bonds. The van der Waals surface area contributed by atoms with Crippen LogP contribution in [0.2, 0.25) is 0 Å². The van der Waals surface area contributed by atoms with Crippen LogP contribution in [0.5, 0.6) is 0 Å². The maximum atomic E-state index is 9.90. The Kier molecular flexibility index (Phi) is 14.3. The predicted octanol–water partition coefficient (Wildman–Crippen LogP) is 4.94. The molecule has 2 heteroatoms. The molecular formula is C17H36O2. The molecule has 0 saturated heterocycles. The van der Waals surface area contributed by atoms with E-state index in [1.165, 1.54) is 64.2 Å². The Morgan fingerprint density at radius 2 is 1.37 bits per heavy atom. The number of aliphatic hydroxyl groups is 1. The number of hydrogen-bond donors (Lipinski definition) is 1. The van der Waals surface area contributed by atoms with Crippen molar-refractivity contribution < 1.29 is 9.84 Å². The van der Waals surface area contributed by atoms with E-state index >= 15 is 0 Å². The summed E-state index contributed by atoms with van der Waals surface area (Å²) in [6.07, 6.45) is 13.9. The third-order valence-electron chi connectivity index (χ3n) is 3.90. The third-order valence-corrected chi connectivity index (χ3v) is 3.90. The lowest BCUT2D eigenvalue weighted by molar-refractivity contribution is 0.0457. The van der Waals surface area contributed by atoms with Crippen LogP contribution in [0.4, 0.5) is 0 Å². The van der Waals surface area contributed by atoms with Gasteiger partial charge < -0.3 is 9.84 Å². The zero-order valence-electron chi connectivity index (χ0n) is 13.5. The molecule has 0 radical (unpaired) electrons. The van der Waals surface area contributed by atoms with Crippen LogP contribution < -0.4 is 0 Å². The molecule has 0 spiro atoms. The Labute approximate surface area is 120 Å². The van der Waals surface area contributed by atoms with Crippen molar-refractivity contribution in [2.45, 2.75) is 90.6 Å². The molecule has 0 aromatic carbocycles. The molecule has 0 aliphatic carbocycles. The van der Waals surface area contributed by atoms with Gasteiger partial charge in [-0.2, -0.15) is 0 Å². The van der Waals surface area contributed by atoms with Crippen molar-refractivity contribution in [1.82, 2.24) is 0 Å². The highest BCUT2D eigenvalue weighted by molar-refractivity contribution is 4.66. The fraction of sp³-hybridized carbons (Fsp3) is 1.00. The number of rotatable bonds is 14. The smallest absolute Gasteiger partial charge is 0.0776 e. The summed E-state index contributed by atoms with van der Waals surface area (Å²) in [6.45, 7) is 5.00. The van der Waals surface area contributed by atoms with Gasteiger partial charge in [-0.25, -0.2) is 0 Å². The monoisotopic (exact) mass is 272 g/mol. The first-order valence-corrected chi connectivity index (χ1v) is 8.41. The molecule has 1 unspecified atom stereocenters. The van der Waals surface area contributed by atoms with Crippen LogP contribution in [0, 0.1) is 5.92 Å². The van der Waals surface area contributed by atoms with E-state index in [2.05, 4.69) is 13.8 Å². The van der Waals surface area contributed by atoms with Crippen LogP contribution >= 0.6 is 0 Å². The van der Waals surface area contributed by atoms with Crippen molar-refractivity contribution in [2.24, 2.45) is 5.92 Å². The Balaban J connectivity index is 3.85. The molecule has 0 aromatic rings. The fourth-order valence-electron chi connectivity index (χ4n) is 2.74. The van der Waals surface area contributed by atoms with E-state index in [0.29, 0.717) is 12.5 Å². The first-order chi connectivity index (χ1) is 9.24. The van der Waals surface area contributed by atoms with Crippen molar-refractivity contribution in [3.8, 4) is 0 Å². The standard InChI is InChI=1S/C17H36O2/c1-4-6-8-10-12-16(13-11-9-7-5-2)14-17(18)15-19-3/h16-18H,4-15H2,1-3H3. The molecule has 19 heavy (non-hydrogen) atoms. The predicted molar refractivity (Wildman–Crippen MR) is 83.5 cm³/mol. The minimum atomic E-state index is -0.271. The normalized spacial score (nSPS) is 13.1. The van der Waals surface area contributed by atoms with E-state index in [9.17, 15) is 5.11 Å². The molecule has 0 bridgehead atoms. The van der Waals surface area contributed by atoms with Crippen LogP contribution in [-0.4, -0.2) is 24.9 Å². The minimum absolute atomic E-state index is 0.271. The van der Waals surface area contributed by atoms with Crippen molar-refractivity contribution >= 4 is 0 Å². The van der Waals surface area contributed by atoms with Crippen LogP contribution in [0.1, 0.15) is 84.5 Å². The number of aliphatic hydroxyl groups excluding tert-OH is 1. The lowest BCUT2D eigenvalue weighted by atomic mass is 9.90. The molecule has 0 aliphatic heterocycles. The number of hydrogen-bond acceptors (Lipinski definition) is 2. The van der Waals surface area contributed by atoms with E-state index < -0.39 is 0 Å². The summed E-state index contributed by atoms with van der Waals surface area (Å²) < 4.78 is 5.04. The Bertz CT molecular complexity index is 159. The van der Waals surface area contributed by atoms with Crippen molar-refractivity contribution in [1.29, 1.82) is 0 Å². The van der Waals surface area contributed by atoms with Gasteiger partial charge in [0, 0.05) is 7.11 Å². The van der Waals surface area contributed by atoms with E-state index in [0.717, 1.165) is 6.42 Å². The average molecular weight is 272 g/mol. The van der Waals surface area contributed by atoms with Crippen molar-refractivity contribution in [3.63, 3.8) is 0 Å². The van der Waals surface area contributed by atoms with E-state index in [1.807, 2.05) is 0 Å². The fourth-order valence-corrected chi connectivity index (χ4v) is 2.74. The summed E-state index contributed by atoms with van der Waals surface area (Å²) >= 11 is 0. The molecular weight excluding hydrogens is 236 g/mol. The first-order valence-electron chi connectivity index (χ1n) is 8.41. The largest absolute Gasteiger partial charge is 0.391 e. The molecule has 2 nitrogen and oxygen atoms in total. The second kappa shape index (κ2) is 14.3. The lowest BCUT2D eigenvalue weighted by Gasteiger charge is -2.20. The van der Waals surface area contributed by atoms with Crippen LogP contribution in [0.3, 0.4) is 0 Å². The number of methoxy groups -OCH3 is 1. The zero-order chi connectivity index (χ0) is 14.3. The SMILES string of the molecule is CCCCCCC(CCCCCC)CC(O)COC. The van der Waals surface area contributed by atoms with Crippen molar-refractivity contribution in [3.05, 3.63) is 0 Å². The van der Waals surface area contributed by atoms with Gasteiger partial charge in [0.05, 0.1) is 12.7 Å². The summed E-state index contributed by atoms with van der Waals surface area (Å²) in [5.41, 5.74) is 0. The van der Waals surface area contributed by atoms with Crippen molar-refractivity contribution in [2.75, 3.05) is 13.7 Å².